The lowest BCUT2D eigenvalue weighted by molar-refractivity contribution is 0.102. The molecule has 0 aliphatic rings. The van der Waals surface area contributed by atoms with Crippen LogP contribution < -0.4 is 5.32 Å². The third-order valence-corrected chi connectivity index (χ3v) is 5.68. The molecule has 1 aromatic carbocycles. The minimum absolute atomic E-state index is 0.177. The Morgan fingerprint density at radius 1 is 1.18 bits per heavy atom. The van der Waals surface area contributed by atoms with Crippen molar-refractivity contribution in [3.05, 3.63) is 77.7 Å². The van der Waals surface area contributed by atoms with Crippen molar-refractivity contribution in [1.29, 1.82) is 0 Å². The molecule has 0 aliphatic carbocycles. The number of carbonyl (C=O) groups excluding carboxylic acids is 1. The summed E-state index contributed by atoms with van der Waals surface area (Å²) < 4.78 is 0. The summed E-state index contributed by atoms with van der Waals surface area (Å²) in [6, 6.07) is 15.2. The van der Waals surface area contributed by atoms with Crippen LogP contribution in [0.15, 0.2) is 66.0 Å². The number of pyridine rings is 2. The van der Waals surface area contributed by atoms with Crippen molar-refractivity contribution in [3.63, 3.8) is 0 Å². The highest BCUT2D eigenvalue weighted by Crippen LogP contribution is 2.35. The van der Waals surface area contributed by atoms with Gasteiger partial charge in [0.25, 0.3) is 5.91 Å². The summed E-state index contributed by atoms with van der Waals surface area (Å²) in [5.74, 6) is 0.228. The first kappa shape index (κ1) is 18.2. The predicted octanol–water partition coefficient (Wildman–Crippen LogP) is 4.77. The Bertz CT molecular complexity index is 1140. The first-order chi connectivity index (χ1) is 13.6. The zero-order valence-electron chi connectivity index (χ0n) is 15.5. The van der Waals surface area contributed by atoms with E-state index in [0.29, 0.717) is 11.5 Å². The van der Waals surface area contributed by atoms with E-state index in [1.807, 2.05) is 55.6 Å². The van der Waals surface area contributed by atoms with Crippen LogP contribution in [0, 0.1) is 6.92 Å². The van der Waals surface area contributed by atoms with Gasteiger partial charge in [-0.1, -0.05) is 36.0 Å². The molecule has 1 amide bonds. The fourth-order valence-electron chi connectivity index (χ4n) is 2.84. The molecule has 0 saturated heterocycles. The lowest BCUT2D eigenvalue weighted by Gasteiger charge is -2.12. The number of para-hydroxylation sites is 1. The minimum Gasteiger partial charge on any atom is -0.305 e. The zero-order chi connectivity index (χ0) is 19.5. The highest BCUT2D eigenvalue weighted by Gasteiger charge is 2.14. The summed E-state index contributed by atoms with van der Waals surface area (Å²) in [7, 11) is 0. The number of carbonyl (C=O) groups is 1. The van der Waals surface area contributed by atoms with Gasteiger partial charge in [0, 0.05) is 22.4 Å². The van der Waals surface area contributed by atoms with Crippen LogP contribution in [0.25, 0.3) is 10.9 Å². The molecule has 0 bridgehead atoms. The lowest BCUT2D eigenvalue weighted by Crippen LogP contribution is -2.14. The Morgan fingerprint density at radius 3 is 2.86 bits per heavy atom. The Balaban J connectivity index is 1.50. The molecule has 3 aromatic heterocycles. The van der Waals surface area contributed by atoms with Crippen LogP contribution in [0.5, 0.6) is 0 Å². The van der Waals surface area contributed by atoms with Gasteiger partial charge in [-0.05, 0) is 43.7 Å². The SMILES string of the molecule is Cc1cn[nH]c1S[C@H](C)c1ccnc(NC(=O)c2ccc3ccccc3n2)c1. The first-order valence-electron chi connectivity index (χ1n) is 8.90. The molecule has 4 rings (SSSR count). The number of hydrogen-bond acceptors (Lipinski definition) is 5. The second-order valence-corrected chi connectivity index (χ2v) is 7.81. The molecule has 0 unspecified atom stereocenters. The molecule has 28 heavy (non-hydrogen) atoms. The normalized spacial score (nSPS) is 12.1. The van der Waals surface area contributed by atoms with Gasteiger partial charge in [0.05, 0.1) is 16.7 Å². The van der Waals surface area contributed by atoms with Gasteiger partial charge in [0.2, 0.25) is 0 Å². The fourth-order valence-corrected chi connectivity index (χ4v) is 3.82. The Labute approximate surface area is 166 Å². The van der Waals surface area contributed by atoms with Gasteiger partial charge in [-0.15, -0.1) is 0 Å². The van der Waals surface area contributed by atoms with Crippen molar-refractivity contribution in [2.24, 2.45) is 0 Å². The van der Waals surface area contributed by atoms with Gasteiger partial charge in [0.1, 0.15) is 11.5 Å². The van der Waals surface area contributed by atoms with E-state index < -0.39 is 0 Å². The van der Waals surface area contributed by atoms with E-state index in [1.54, 1.807) is 24.0 Å². The summed E-state index contributed by atoms with van der Waals surface area (Å²) >= 11 is 1.68. The van der Waals surface area contributed by atoms with Gasteiger partial charge >= 0.3 is 0 Å². The number of aromatic amines is 1. The average Bonchev–Trinajstić information content (AvgIpc) is 3.12. The highest BCUT2D eigenvalue weighted by atomic mass is 32.2. The van der Waals surface area contributed by atoms with Crippen molar-refractivity contribution in [1.82, 2.24) is 20.2 Å². The predicted molar refractivity (Wildman–Crippen MR) is 112 cm³/mol. The molecule has 0 aliphatic heterocycles. The monoisotopic (exact) mass is 389 g/mol. The summed E-state index contributed by atoms with van der Waals surface area (Å²) in [5.41, 5.74) is 3.33. The summed E-state index contributed by atoms with van der Waals surface area (Å²) in [6.45, 7) is 4.13. The molecule has 0 spiro atoms. The number of nitrogens with zero attached hydrogens (tertiary/aromatic N) is 3. The third kappa shape index (κ3) is 3.89. The summed E-state index contributed by atoms with van der Waals surface area (Å²) in [5, 5.41) is 12.1. The number of benzene rings is 1. The lowest BCUT2D eigenvalue weighted by atomic mass is 10.2. The number of H-pyrrole nitrogens is 1. The quantitative estimate of drug-likeness (QED) is 0.481. The fraction of sp³-hybridized carbons (Fsp3) is 0.143. The molecule has 1 atom stereocenters. The second kappa shape index (κ2) is 7.82. The van der Waals surface area contributed by atoms with Gasteiger partial charge in [-0.3, -0.25) is 9.89 Å². The standard InChI is InChI=1S/C21H19N5OS/c1-13-12-23-26-21(13)28-14(2)16-9-10-22-19(11-16)25-20(27)18-8-7-15-5-3-4-6-17(15)24-18/h3-12,14H,1-2H3,(H,23,26)(H,22,25,27)/t14-/m1/s1. The van der Waals surface area contributed by atoms with E-state index in [1.165, 1.54) is 0 Å². The molecular weight excluding hydrogens is 370 g/mol. The van der Waals surface area contributed by atoms with E-state index in [0.717, 1.165) is 27.1 Å². The number of aromatic nitrogens is 4. The molecule has 0 radical (unpaired) electrons. The van der Waals surface area contributed by atoms with Crippen LogP contribution in [0.1, 0.15) is 33.8 Å². The minimum atomic E-state index is -0.278. The first-order valence-corrected chi connectivity index (χ1v) is 9.78. The maximum absolute atomic E-state index is 12.6. The second-order valence-electron chi connectivity index (χ2n) is 6.46. The number of fused-ring (bicyclic) bond motifs is 1. The molecule has 140 valence electrons. The van der Waals surface area contributed by atoms with Crippen LogP contribution >= 0.6 is 11.8 Å². The highest BCUT2D eigenvalue weighted by molar-refractivity contribution is 7.99. The summed E-state index contributed by atoms with van der Waals surface area (Å²) in [6.07, 6.45) is 3.51. The number of anilines is 1. The van der Waals surface area contributed by atoms with Crippen molar-refractivity contribution >= 4 is 34.4 Å². The maximum Gasteiger partial charge on any atom is 0.275 e. The van der Waals surface area contributed by atoms with E-state index in [4.69, 9.17) is 0 Å². The van der Waals surface area contributed by atoms with Crippen LogP contribution in [-0.4, -0.2) is 26.1 Å². The maximum atomic E-state index is 12.6. The number of hydrogen-bond donors (Lipinski definition) is 2. The van der Waals surface area contributed by atoms with Crippen LogP contribution in [0.4, 0.5) is 5.82 Å². The molecule has 3 heterocycles. The smallest absolute Gasteiger partial charge is 0.275 e. The van der Waals surface area contributed by atoms with Gasteiger partial charge < -0.3 is 5.32 Å². The van der Waals surface area contributed by atoms with Crippen molar-refractivity contribution < 1.29 is 4.79 Å². The topological polar surface area (TPSA) is 83.6 Å². The number of thioether (sulfide) groups is 1. The van der Waals surface area contributed by atoms with Crippen LogP contribution in [-0.2, 0) is 0 Å². The third-order valence-electron chi connectivity index (χ3n) is 4.40. The van der Waals surface area contributed by atoms with Gasteiger partial charge in [-0.25, -0.2) is 9.97 Å². The summed E-state index contributed by atoms with van der Waals surface area (Å²) in [4.78, 5) is 21.3. The molecule has 0 fully saturated rings. The number of rotatable bonds is 5. The van der Waals surface area contributed by atoms with E-state index in [9.17, 15) is 4.79 Å². The van der Waals surface area contributed by atoms with Crippen molar-refractivity contribution in [2.75, 3.05) is 5.32 Å². The van der Waals surface area contributed by atoms with Gasteiger partial charge in [0.15, 0.2) is 0 Å². The van der Waals surface area contributed by atoms with Crippen molar-refractivity contribution in [2.45, 2.75) is 24.1 Å². The Kier molecular flexibility index (Phi) is 5.08. The van der Waals surface area contributed by atoms with Crippen LogP contribution in [0.3, 0.4) is 0 Å². The molecular formula is C21H19N5OS. The van der Waals surface area contributed by atoms with E-state index >= 15 is 0 Å². The van der Waals surface area contributed by atoms with E-state index in [2.05, 4.69) is 32.4 Å². The van der Waals surface area contributed by atoms with Gasteiger partial charge in [-0.2, -0.15) is 5.10 Å². The van der Waals surface area contributed by atoms with Crippen molar-refractivity contribution in [3.8, 4) is 0 Å². The Morgan fingerprint density at radius 2 is 2.04 bits per heavy atom. The number of aryl methyl sites for hydroxylation is 1. The molecule has 2 N–H and O–H groups in total. The average molecular weight is 389 g/mol. The molecule has 7 heteroatoms. The zero-order valence-corrected chi connectivity index (χ0v) is 16.3. The molecule has 6 nitrogen and oxygen atoms in total. The molecule has 4 aromatic rings. The Hall–Kier alpha value is -3.19. The largest absolute Gasteiger partial charge is 0.305 e. The van der Waals surface area contributed by atoms with Crippen LogP contribution in [0.2, 0.25) is 0 Å². The number of nitrogens with one attached hydrogen (secondary N) is 2. The number of amides is 1. The van der Waals surface area contributed by atoms with E-state index in [-0.39, 0.29) is 11.2 Å². The molecule has 0 saturated carbocycles.